The van der Waals surface area contributed by atoms with Crippen LogP contribution in [0.1, 0.15) is 16.8 Å². The molecule has 2 aromatic carbocycles. The number of amides is 3. The predicted molar refractivity (Wildman–Crippen MR) is 131 cm³/mol. The fourth-order valence-electron chi connectivity index (χ4n) is 4.82. The van der Waals surface area contributed by atoms with Gasteiger partial charge in [0.2, 0.25) is 18.6 Å². The number of methoxy groups -OCH3 is 1. The number of ether oxygens (including phenoxy) is 3. The van der Waals surface area contributed by atoms with Gasteiger partial charge in [0, 0.05) is 69.6 Å². The molecule has 3 amide bonds. The van der Waals surface area contributed by atoms with Crippen LogP contribution in [-0.4, -0.2) is 87.2 Å². The summed E-state index contributed by atoms with van der Waals surface area (Å²) in [4.78, 5) is 43.9. The molecule has 2 fully saturated rings. The molecule has 2 saturated heterocycles. The number of hydrogen-bond donors (Lipinski definition) is 1. The standard InChI is InChI=1S/C26H30N4O6/c1-34-21-4-2-3-20(15-21)30-16-19(14-24(30)31)26(33)29-11-9-28(10-12-29)8-7-27-25(32)18-5-6-22-23(13-18)36-17-35-22/h2-6,13,15,19H,7-12,14,16-17H2,1H3,(H,27,32). The van der Waals surface area contributed by atoms with Crippen molar-refractivity contribution in [2.75, 3.05) is 64.6 Å². The predicted octanol–water partition coefficient (Wildman–Crippen LogP) is 1.35. The average molecular weight is 495 g/mol. The fraction of sp³-hybridized carbons (Fsp3) is 0.423. The number of rotatable bonds is 7. The van der Waals surface area contributed by atoms with Crippen LogP contribution in [0.25, 0.3) is 0 Å². The van der Waals surface area contributed by atoms with Crippen molar-refractivity contribution in [1.82, 2.24) is 15.1 Å². The first-order valence-electron chi connectivity index (χ1n) is 12.2. The molecule has 1 N–H and O–H groups in total. The molecule has 190 valence electrons. The second-order valence-corrected chi connectivity index (χ2v) is 9.10. The third-order valence-corrected chi connectivity index (χ3v) is 6.87. The smallest absolute Gasteiger partial charge is 0.251 e. The molecule has 3 heterocycles. The number of fused-ring (bicyclic) bond motifs is 1. The summed E-state index contributed by atoms with van der Waals surface area (Å²) >= 11 is 0. The number of nitrogens with one attached hydrogen (secondary N) is 1. The minimum atomic E-state index is -0.337. The van der Waals surface area contributed by atoms with Crippen LogP contribution in [0.3, 0.4) is 0 Å². The second kappa shape index (κ2) is 10.4. The van der Waals surface area contributed by atoms with Gasteiger partial charge in [-0.25, -0.2) is 0 Å². The van der Waals surface area contributed by atoms with E-state index in [1.165, 1.54) is 0 Å². The van der Waals surface area contributed by atoms with Crippen molar-refractivity contribution in [2.45, 2.75) is 6.42 Å². The quantitative estimate of drug-likeness (QED) is 0.620. The normalized spacial score (nSPS) is 19.5. The summed E-state index contributed by atoms with van der Waals surface area (Å²) < 4.78 is 15.9. The molecule has 0 bridgehead atoms. The number of carbonyl (C=O) groups is 3. The van der Waals surface area contributed by atoms with Crippen LogP contribution in [0.4, 0.5) is 5.69 Å². The lowest BCUT2D eigenvalue weighted by Gasteiger charge is -2.35. The zero-order valence-corrected chi connectivity index (χ0v) is 20.3. The first kappa shape index (κ1) is 23.9. The molecule has 0 aliphatic carbocycles. The topological polar surface area (TPSA) is 101 Å². The number of benzene rings is 2. The van der Waals surface area contributed by atoms with E-state index in [9.17, 15) is 14.4 Å². The van der Waals surface area contributed by atoms with Crippen molar-refractivity contribution in [3.05, 3.63) is 48.0 Å². The van der Waals surface area contributed by atoms with Crippen LogP contribution in [0, 0.1) is 5.92 Å². The Labute approximate surface area is 209 Å². The Morgan fingerprint density at radius 2 is 1.86 bits per heavy atom. The van der Waals surface area contributed by atoms with Gasteiger partial charge in [-0.3, -0.25) is 19.3 Å². The molecule has 1 unspecified atom stereocenters. The Morgan fingerprint density at radius 1 is 1.06 bits per heavy atom. The van der Waals surface area contributed by atoms with Gasteiger partial charge in [0.25, 0.3) is 5.91 Å². The van der Waals surface area contributed by atoms with Crippen molar-refractivity contribution >= 4 is 23.4 Å². The zero-order valence-electron chi connectivity index (χ0n) is 20.3. The Balaban J connectivity index is 1.06. The van der Waals surface area contributed by atoms with Crippen molar-refractivity contribution in [2.24, 2.45) is 5.92 Å². The summed E-state index contributed by atoms with van der Waals surface area (Å²) in [5.74, 6) is 1.40. The van der Waals surface area contributed by atoms with Crippen LogP contribution in [0.15, 0.2) is 42.5 Å². The summed E-state index contributed by atoms with van der Waals surface area (Å²) in [5, 5.41) is 2.94. The monoisotopic (exact) mass is 494 g/mol. The van der Waals surface area contributed by atoms with Gasteiger partial charge < -0.3 is 29.3 Å². The van der Waals surface area contributed by atoms with E-state index in [1.54, 1.807) is 30.2 Å². The molecule has 3 aliphatic rings. The molecule has 0 radical (unpaired) electrons. The molecular weight excluding hydrogens is 464 g/mol. The lowest BCUT2D eigenvalue weighted by molar-refractivity contribution is -0.137. The van der Waals surface area contributed by atoms with Gasteiger partial charge in [-0.05, 0) is 30.3 Å². The molecule has 10 heteroatoms. The highest BCUT2D eigenvalue weighted by Crippen LogP contribution is 2.32. The molecule has 0 aromatic heterocycles. The van der Waals surface area contributed by atoms with E-state index < -0.39 is 0 Å². The molecule has 5 rings (SSSR count). The van der Waals surface area contributed by atoms with E-state index in [2.05, 4.69) is 10.2 Å². The van der Waals surface area contributed by atoms with Gasteiger partial charge in [0.05, 0.1) is 13.0 Å². The van der Waals surface area contributed by atoms with E-state index in [0.29, 0.717) is 55.5 Å². The minimum absolute atomic E-state index is 0.0320. The largest absolute Gasteiger partial charge is 0.497 e. The first-order valence-corrected chi connectivity index (χ1v) is 12.2. The van der Waals surface area contributed by atoms with Gasteiger partial charge in [-0.2, -0.15) is 0 Å². The van der Waals surface area contributed by atoms with E-state index in [4.69, 9.17) is 14.2 Å². The second-order valence-electron chi connectivity index (χ2n) is 9.10. The van der Waals surface area contributed by atoms with Crippen molar-refractivity contribution in [3.63, 3.8) is 0 Å². The highest BCUT2D eigenvalue weighted by Gasteiger charge is 2.38. The maximum Gasteiger partial charge on any atom is 0.251 e. The van der Waals surface area contributed by atoms with Gasteiger partial charge in [-0.1, -0.05) is 6.07 Å². The molecule has 36 heavy (non-hydrogen) atoms. The third kappa shape index (κ3) is 5.08. The number of hydrogen-bond acceptors (Lipinski definition) is 7. The van der Waals surface area contributed by atoms with Gasteiger partial charge in [0.15, 0.2) is 11.5 Å². The average Bonchev–Trinajstić information content (AvgIpc) is 3.54. The lowest BCUT2D eigenvalue weighted by atomic mass is 10.1. The van der Waals surface area contributed by atoms with E-state index in [0.717, 1.165) is 18.8 Å². The van der Waals surface area contributed by atoms with Gasteiger partial charge >= 0.3 is 0 Å². The summed E-state index contributed by atoms with van der Waals surface area (Å²) in [6.07, 6.45) is 0.224. The Morgan fingerprint density at radius 3 is 2.67 bits per heavy atom. The Bertz CT molecular complexity index is 1150. The Kier molecular flexibility index (Phi) is 6.95. The van der Waals surface area contributed by atoms with Crippen LogP contribution < -0.4 is 24.4 Å². The molecule has 10 nitrogen and oxygen atoms in total. The van der Waals surface area contributed by atoms with Crippen LogP contribution in [0.5, 0.6) is 17.2 Å². The van der Waals surface area contributed by atoms with Crippen LogP contribution >= 0.6 is 0 Å². The van der Waals surface area contributed by atoms with Crippen LogP contribution in [-0.2, 0) is 9.59 Å². The molecule has 1 atom stereocenters. The Hall–Kier alpha value is -3.79. The highest BCUT2D eigenvalue weighted by atomic mass is 16.7. The van der Waals surface area contributed by atoms with E-state index >= 15 is 0 Å². The van der Waals surface area contributed by atoms with E-state index in [1.807, 2.05) is 29.2 Å². The lowest BCUT2D eigenvalue weighted by Crippen LogP contribution is -2.51. The summed E-state index contributed by atoms with van der Waals surface area (Å²) in [5.41, 5.74) is 1.28. The SMILES string of the molecule is COc1cccc(N2CC(C(=O)N3CCN(CCNC(=O)c4ccc5c(c4)OCO5)CC3)CC2=O)c1. The maximum absolute atomic E-state index is 13.1. The third-order valence-electron chi connectivity index (χ3n) is 6.87. The van der Waals surface area contributed by atoms with Crippen molar-refractivity contribution in [3.8, 4) is 17.2 Å². The van der Waals surface area contributed by atoms with E-state index in [-0.39, 0.29) is 36.9 Å². The first-order chi connectivity index (χ1) is 17.5. The van der Waals surface area contributed by atoms with Gasteiger partial charge in [0.1, 0.15) is 5.75 Å². The number of piperazine rings is 1. The molecular formula is C26H30N4O6. The van der Waals surface area contributed by atoms with Crippen LogP contribution in [0.2, 0.25) is 0 Å². The highest BCUT2D eigenvalue weighted by molar-refractivity contribution is 6.00. The maximum atomic E-state index is 13.1. The molecule has 0 saturated carbocycles. The number of nitrogens with zero attached hydrogens (tertiary/aromatic N) is 3. The summed E-state index contributed by atoms with van der Waals surface area (Å²) in [6, 6.07) is 12.5. The van der Waals surface area contributed by atoms with Gasteiger partial charge in [-0.15, -0.1) is 0 Å². The molecule has 2 aromatic rings. The zero-order chi connectivity index (χ0) is 25.1. The fourth-order valence-corrected chi connectivity index (χ4v) is 4.82. The molecule has 0 spiro atoms. The number of anilines is 1. The summed E-state index contributed by atoms with van der Waals surface area (Å²) in [6.45, 7) is 4.44. The molecule has 3 aliphatic heterocycles. The summed E-state index contributed by atoms with van der Waals surface area (Å²) in [7, 11) is 1.59. The van der Waals surface area contributed by atoms with Crippen molar-refractivity contribution in [1.29, 1.82) is 0 Å². The number of carbonyl (C=O) groups excluding carboxylic acids is 3. The minimum Gasteiger partial charge on any atom is -0.497 e. The van der Waals surface area contributed by atoms with Crippen molar-refractivity contribution < 1.29 is 28.6 Å².